The summed E-state index contributed by atoms with van der Waals surface area (Å²) >= 11 is 1.47. The first-order valence-corrected chi connectivity index (χ1v) is 7.46. The second-order valence-corrected chi connectivity index (χ2v) is 5.38. The molecule has 0 aliphatic rings. The molecule has 0 aromatic heterocycles. The molecule has 1 aromatic rings. The highest BCUT2D eigenvalue weighted by atomic mass is 32.2. The van der Waals surface area contributed by atoms with Crippen LogP contribution < -0.4 is 11.1 Å². The Labute approximate surface area is 123 Å². The predicted octanol–water partition coefficient (Wildman–Crippen LogP) is 1.63. The van der Waals surface area contributed by atoms with Crippen molar-refractivity contribution >= 4 is 29.3 Å². The number of nitrogens with one attached hydrogen (secondary N) is 1. The van der Waals surface area contributed by atoms with Crippen molar-refractivity contribution in [3.8, 4) is 0 Å². The highest BCUT2D eigenvalue weighted by Gasteiger charge is 2.10. The first kappa shape index (κ1) is 16.5. The van der Waals surface area contributed by atoms with Crippen molar-refractivity contribution in [2.75, 3.05) is 24.7 Å². The lowest BCUT2D eigenvalue weighted by Crippen LogP contribution is -2.26. The van der Waals surface area contributed by atoms with Gasteiger partial charge in [0.2, 0.25) is 5.91 Å². The number of hydrogen-bond donors (Lipinski definition) is 2. The van der Waals surface area contributed by atoms with Crippen LogP contribution in [0.1, 0.15) is 12.5 Å². The molecule has 0 spiro atoms. The molecule has 110 valence electrons. The van der Waals surface area contributed by atoms with E-state index in [9.17, 15) is 9.59 Å². The van der Waals surface area contributed by atoms with E-state index in [2.05, 4.69) is 10.1 Å². The van der Waals surface area contributed by atoms with E-state index in [0.29, 0.717) is 18.1 Å². The molecule has 3 N–H and O–H groups in total. The number of carbonyl (C=O) groups is 2. The maximum atomic E-state index is 11.7. The van der Waals surface area contributed by atoms with Crippen molar-refractivity contribution in [2.45, 2.75) is 12.7 Å². The fourth-order valence-electron chi connectivity index (χ4n) is 1.42. The average molecular weight is 296 g/mol. The van der Waals surface area contributed by atoms with Crippen LogP contribution >= 0.6 is 11.8 Å². The summed E-state index contributed by atoms with van der Waals surface area (Å²) in [4.78, 5) is 22.8. The fourth-order valence-corrected chi connectivity index (χ4v) is 2.22. The number of anilines is 1. The number of amides is 1. The van der Waals surface area contributed by atoms with E-state index >= 15 is 0 Å². The minimum Gasteiger partial charge on any atom is -0.468 e. The van der Waals surface area contributed by atoms with Gasteiger partial charge in [0, 0.05) is 23.9 Å². The summed E-state index contributed by atoms with van der Waals surface area (Å²) in [7, 11) is 1.37. The number of thioether (sulfide) groups is 1. The maximum Gasteiger partial charge on any atom is 0.315 e. The third-order valence-corrected chi connectivity index (χ3v) is 3.69. The van der Waals surface area contributed by atoms with Crippen LogP contribution in [0.2, 0.25) is 0 Å². The van der Waals surface area contributed by atoms with Crippen LogP contribution in [0, 0.1) is 5.92 Å². The average Bonchev–Trinajstić information content (AvgIpc) is 2.46. The SMILES string of the molecule is COC(=O)CSCc1cccc(NC(=O)C(C)CN)c1. The summed E-state index contributed by atoms with van der Waals surface area (Å²) < 4.78 is 4.57. The van der Waals surface area contributed by atoms with Crippen LogP contribution in [0.25, 0.3) is 0 Å². The Morgan fingerprint density at radius 3 is 2.85 bits per heavy atom. The van der Waals surface area contributed by atoms with E-state index in [0.717, 1.165) is 11.3 Å². The van der Waals surface area contributed by atoms with Gasteiger partial charge in [-0.05, 0) is 17.7 Å². The molecule has 0 aliphatic heterocycles. The number of methoxy groups -OCH3 is 1. The van der Waals surface area contributed by atoms with Crippen molar-refractivity contribution in [1.29, 1.82) is 0 Å². The highest BCUT2D eigenvalue weighted by molar-refractivity contribution is 7.99. The minimum absolute atomic E-state index is 0.0909. The highest BCUT2D eigenvalue weighted by Crippen LogP contribution is 2.17. The lowest BCUT2D eigenvalue weighted by molar-refractivity contribution is -0.137. The van der Waals surface area contributed by atoms with Gasteiger partial charge in [0.1, 0.15) is 0 Å². The summed E-state index contributed by atoms with van der Waals surface area (Å²) in [5.74, 6) is 0.457. The molecular formula is C14H20N2O3S. The standard InChI is InChI=1S/C14H20N2O3S/c1-10(7-15)14(18)16-12-5-3-4-11(6-12)8-20-9-13(17)19-2/h3-6,10H,7-9,15H2,1-2H3,(H,16,18). The molecule has 0 saturated heterocycles. The van der Waals surface area contributed by atoms with Crippen molar-refractivity contribution in [3.05, 3.63) is 29.8 Å². The van der Waals surface area contributed by atoms with Gasteiger partial charge < -0.3 is 15.8 Å². The molecule has 0 aliphatic carbocycles. The number of ether oxygens (including phenoxy) is 1. The van der Waals surface area contributed by atoms with Crippen LogP contribution in [0.3, 0.4) is 0 Å². The zero-order valence-corrected chi connectivity index (χ0v) is 12.5. The summed E-state index contributed by atoms with van der Waals surface area (Å²) in [6.45, 7) is 2.10. The number of carbonyl (C=O) groups excluding carboxylic acids is 2. The zero-order chi connectivity index (χ0) is 15.0. The van der Waals surface area contributed by atoms with Crippen LogP contribution in [-0.4, -0.2) is 31.3 Å². The lowest BCUT2D eigenvalue weighted by Gasteiger charge is -2.11. The van der Waals surface area contributed by atoms with Gasteiger partial charge in [0.15, 0.2) is 0 Å². The van der Waals surface area contributed by atoms with Gasteiger partial charge in [-0.15, -0.1) is 11.8 Å². The maximum absolute atomic E-state index is 11.7. The Morgan fingerprint density at radius 2 is 2.20 bits per heavy atom. The quantitative estimate of drug-likeness (QED) is 0.747. The fraction of sp³-hybridized carbons (Fsp3) is 0.429. The Morgan fingerprint density at radius 1 is 1.45 bits per heavy atom. The van der Waals surface area contributed by atoms with Crippen LogP contribution in [-0.2, 0) is 20.1 Å². The van der Waals surface area contributed by atoms with Crippen molar-refractivity contribution in [1.82, 2.24) is 0 Å². The largest absolute Gasteiger partial charge is 0.468 e. The van der Waals surface area contributed by atoms with Crippen LogP contribution in [0.5, 0.6) is 0 Å². The normalized spacial score (nSPS) is 11.8. The number of nitrogens with two attached hydrogens (primary N) is 1. The van der Waals surface area contributed by atoms with Crippen LogP contribution in [0.4, 0.5) is 5.69 Å². The molecular weight excluding hydrogens is 276 g/mol. The molecule has 0 fully saturated rings. The van der Waals surface area contributed by atoms with Gasteiger partial charge >= 0.3 is 5.97 Å². The van der Waals surface area contributed by atoms with Crippen molar-refractivity contribution in [3.63, 3.8) is 0 Å². The summed E-state index contributed by atoms with van der Waals surface area (Å²) in [5, 5.41) is 2.82. The van der Waals surface area contributed by atoms with Gasteiger partial charge in [-0.2, -0.15) is 0 Å². The number of hydrogen-bond acceptors (Lipinski definition) is 5. The van der Waals surface area contributed by atoms with E-state index in [1.54, 1.807) is 6.92 Å². The second-order valence-electron chi connectivity index (χ2n) is 4.40. The van der Waals surface area contributed by atoms with Gasteiger partial charge in [0.05, 0.1) is 12.9 Å². The Balaban J connectivity index is 2.53. The molecule has 0 saturated carbocycles. The number of benzene rings is 1. The third kappa shape index (κ3) is 5.63. The molecule has 0 radical (unpaired) electrons. The van der Waals surface area contributed by atoms with Crippen LogP contribution in [0.15, 0.2) is 24.3 Å². The second kappa shape index (κ2) is 8.60. The zero-order valence-electron chi connectivity index (χ0n) is 11.7. The Kier molecular flexibility index (Phi) is 7.11. The predicted molar refractivity (Wildman–Crippen MR) is 81.5 cm³/mol. The molecule has 1 rings (SSSR count). The Hall–Kier alpha value is -1.53. The van der Waals surface area contributed by atoms with E-state index in [4.69, 9.17) is 5.73 Å². The topological polar surface area (TPSA) is 81.4 Å². The molecule has 1 atom stereocenters. The molecule has 1 aromatic carbocycles. The molecule has 6 heteroatoms. The van der Waals surface area contributed by atoms with Gasteiger partial charge in [0.25, 0.3) is 0 Å². The van der Waals surface area contributed by atoms with Crippen molar-refractivity contribution < 1.29 is 14.3 Å². The molecule has 1 amide bonds. The van der Waals surface area contributed by atoms with E-state index in [1.807, 2.05) is 24.3 Å². The third-order valence-electron chi connectivity index (χ3n) is 2.71. The number of rotatable bonds is 7. The van der Waals surface area contributed by atoms with E-state index in [1.165, 1.54) is 18.9 Å². The van der Waals surface area contributed by atoms with Crippen molar-refractivity contribution in [2.24, 2.45) is 11.7 Å². The summed E-state index contributed by atoms with van der Waals surface area (Å²) in [5.41, 5.74) is 7.24. The van der Waals surface area contributed by atoms with E-state index < -0.39 is 0 Å². The first-order valence-electron chi connectivity index (χ1n) is 6.31. The minimum atomic E-state index is -0.240. The first-order chi connectivity index (χ1) is 9.56. The molecule has 1 unspecified atom stereocenters. The smallest absolute Gasteiger partial charge is 0.315 e. The molecule has 0 bridgehead atoms. The number of esters is 1. The van der Waals surface area contributed by atoms with Gasteiger partial charge in [-0.25, -0.2) is 0 Å². The monoisotopic (exact) mass is 296 g/mol. The summed E-state index contributed by atoms with van der Waals surface area (Å²) in [6.07, 6.45) is 0. The lowest BCUT2D eigenvalue weighted by atomic mass is 10.1. The van der Waals surface area contributed by atoms with Gasteiger partial charge in [-0.3, -0.25) is 9.59 Å². The molecule has 0 heterocycles. The van der Waals surface area contributed by atoms with E-state index in [-0.39, 0.29) is 17.8 Å². The molecule has 20 heavy (non-hydrogen) atoms. The van der Waals surface area contributed by atoms with Gasteiger partial charge in [-0.1, -0.05) is 19.1 Å². The summed E-state index contributed by atoms with van der Waals surface area (Å²) in [6, 6.07) is 7.55. The Bertz CT molecular complexity index is 465. The molecule has 5 nitrogen and oxygen atoms in total.